The highest BCUT2D eigenvalue weighted by atomic mass is 19.1. The van der Waals surface area contributed by atoms with Crippen LogP contribution < -0.4 is 0 Å². The number of esters is 2. The number of ether oxygens (including phenoxy) is 2. The monoisotopic (exact) mass is 192 g/mol. The molecular weight excluding hydrogens is 179 g/mol. The summed E-state index contributed by atoms with van der Waals surface area (Å²) in [5.74, 6) is -1.60. The van der Waals surface area contributed by atoms with Crippen molar-refractivity contribution < 1.29 is 23.5 Å². The van der Waals surface area contributed by atoms with Gasteiger partial charge in [-0.15, -0.1) is 0 Å². The van der Waals surface area contributed by atoms with Crippen molar-refractivity contribution in [2.45, 2.75) is 32.9 Å². The van der Waals surface area contributed by atoms with Crippen molar-refractivity contribution >= 4 is 11.9 Å². The lowest BCUT2D eigenvalue weighted by Gasteiger charge is -2.15. The van der Waals surface area contributed by atoms with Crippen LogP contribution in [-0.2, 0) is 19.1 Å². The molecule has 13 heavy (non-hydrogen) atoms. The molecule has 0 bridgehead atoms. The number of rotatable bonds is 4. The van der Waals surface area contributed by atoms with Crippen molar-refractivity contribution in [2.24, 2.45) is 0 Å². The van der Waals surface area contributed by atoms with Crippen molar-refractivity contribution in [1.29, 1.82) is 0 Å². The van der Waals surface area contributed by atoms with Crippen molar-refractivity contribution in [3.63, 3.8) is 0 Å². The summed E-state index contributed by atoms with van der Waals surface area (Å²) in [6, 6.07) is 0. The summed E-state index contributed by atoms with van der Waals surface area (Å²) in [6.07, 6.45) is 0.0197. The molecule has 4 nitrogen and oxygen atoms in total. The summed E-state index contributed by atoms with van der Waals surface area (Å²) in [4.78, 5) is 21.1. The predicted molar refractivity (Wildman–Crippen MR) is 42.5 cm³/mol. The van der Waals surface area contributed by atoms with E-state index < -0.39 is 24.4 Å². The largest absolute Gasteiger partial charge is 0.428 e. The second-order valence-electron chi connectivity index (χ2n) is 2.74. The number of carbonyl (C=O) groups excluding carboxylic acids is 2. The zero-order valence-corrected chi connectivity index (χ0v) is 7.93. The molecule has 0 aliphatic heterocycles. The van der Waals surface area contributed by atoms with Crippen LogP contribution in [0.15, 0.2) is 0 Å². The standard InChI is InChI=1S/C8H13FO4/c1-4-8(3,9)7(11)13-5-12-6(2)10/h4-5H2,1-3H3. The quantitative estimate of drug-likeness (QED) is 0.496. The van der Waals surface area contributed by atoms with E-state index in [1.165, 1.54) is 13.8 Å². The average Bonchev–Trinajstić information content (AvgIpc) is 2.03. The highest BCUT2D eigenvalue weighted by Gasteiger charge is 2.32. The summed E-state index contributed by atoms with van der Waals surface area (Å²) >= 11 is 0. The topological polar surface area (TPSA) is 52.6 Å². The first-order valence-electron chi connectivity index (χ1n) is 3.89. The van der Waals surface area contributed by atoms with Crippen molar-refractivity contribution in [3.8, 4) is 0 Å². The Balaban J connectivity index is 3.81. The van der Waals surface area contributed by atoms with E-state index in [0.717, 1.165) is 6.92 Å². The molecule has 0 radical (unpaired) electrons. The number of alkyl halides is 1. The van der Waals surface area contributed by atoms with Crippen LogP contribution in [0, 0.1) is 0 Å². The van der Waals surface area contributed by atoms with Crippen LogP contribution in [0.3, 0.4) is 0 Å². The van der Waals surface area contributed by atoms with E-state index in [2.05, 4.69) is 9.47 Å². The predicted octanol–water partition coefficient (Wildman–Crippen LogP) is 1.19. The van der Waals surface area contributed by atoms with Gasteiger partial charge >= 0.3 is 11.9 Å². The minimum Gasteiger partial charge on any atom is -0.428 e. The molecule has 0 saturated heterocycles. The summed E-state index contributed by atoms with van der Waals surface area (Å²) in [5.41, 5.74) is -2.01. The molecule has 0 N–H and O–H groups in total. The number of hydrogen-bond donors (Lipinski definition) is 0. The Kier molecular flexibility index (Phi) is 4.37. The zero-order valence-electron chi connectivity index (χ0n) is 7.93. The van der Waals surface area contributed by atoms with Crippen molar-refractivity contribution in [2.75, 3.05) is 6.79 Å². The number of hydrogen-bond acceptors (Lipinski definition) is 4. The van der Waals surface area contributed by atoms with Gasteiger partial charge in [-0.25, -0.2) is 9.18 Å². The van der Waals surface area contributed by atoms with Gasteiger partial charge in [-0.2, -0.15) is 0 Å². The van der Waals surface area contributed by atoms with Crippen LogP contribution >= 0.6 is 0 Å². The molecule has 0 aliphatic rings. The lowest BCUT2D eigenvalue weighted by atomic mass is 10.1. The van der Waals surface area contributed by atoms with Gasteiger partial charge in [0.25, 0.3) is 0 Å². The van der Waals surface area contributed by atoms with E-state index in [-0.39, 0.29) is 6.42 Å². The van der Waals surface area contributed by atoms with E-state index >= 15 is 0 Å². The average molecular weight is 192 g/mol. The van der Waals surface area contributed by atoms with E-state index in [1.807, 2.05) is 0 Å². The SMILES string of the molecule is CCC(C)(F)C(=O)OCOC(C)=O. The van der Waals surface area contributed by atoms with Gasteiger partial charge in [-0.05, 0) is 13.3 Å². The lowest BCUT2D eigenvalue weighted by molar-refractivity contribution is -0.174. The van der Waals surface area contributed by atoms with Gasteiger partial charge in [-0.1, -0.05) is 6.92 Å². The Bertz CT molecular complexity index is 200. The van der Waals surface area contributed by atoms with E-state index in [4.69, 9.17) is 0 Å². The van der Waals surface area contributed by atoms with E-state index in [1.54, 1.807) is 0 Å². The summed E-state index contributed by atoms with van der Waals surface area (Å²) in [7, 11) is 0. The molecule has 1 unspecified atom stereocenters. The number of carbonyl (C=O) groups is 2. The van der Waals surface area contributed by atoms with Crippen LogP contribution in [0.2, 0.25) is 0 Å². The molecule has 0 heterocycles. The fraction of sp³-hybridized carbons (Fsp3) is 0.750. The highest BCUT2D eigenvalue weighted by molar-refractivity contribution is 5.78. The fourth-order valence-corrected chi connectivity index (χ4v) is 0.461. The van der Waals surface area contributed by atoms with Crippen LogP contribution in [0.4, 0.5) is 4.39 Å². The second-order valence-corrected chi connectivity index (χ2v) is 2.74. The Labute approximate surface area is 76.0 Å². The molecule has 0 aromatic heterocycles. The Morgan fingerprint density at radius 2 is 1.92 bits per heavy atom. The van der Waals surface area contributed by atoms with Gasteiger partial charge in [0.1, 0.15) is 0 Å². The van der Waals surface area contributed by atoms with E-state index in [0.29, 0.717) is 0 Å². The molecule has 5 heteroatoms. The molecule has 0 aromatic carbocycles. The van der Waals surface area contributed by atoms with Crippen molar-refractivity contribution in [1.82, 2.24) is 0 Å². The van der Waals surface area contributed by atoms with Gasteiger partial charge in [0, 0.05) is 6.92 Å². The third kappa shape index (κ3) is 4.45. The van der Waals surface area contributed by atoms with Gasteiger partial charge in [-0.3, -0.25) is 4.79 Å². The van der Waals surface area contributed by atoms with E-state index in [9.17, 15) is 14.0 Å². The fourth-order valence-electron chi connectivity index (χ4n) is 0.461. The Hall–Kier alpha value is -1.13. The molecule has 0 spiro atoms. The summed E-state index contributed by atoms with van der Waals surface area (Å²) in [5, 5.41) is 0. The molecular formula is C8H13FO4. The first kappa shape index (κ1) is 11.9. The smallest absolute Gasteiger partial charge is 0.346 e. The highest BCUT2D eigenvalue weighted by Crippen LogP contribution is 2.16. The zero-order chi connectivity index (χ0) is 10.5. The second kappa shape index (κ2) is 4.79. The van der Waals surface area contributed by atoms with Crippen LogP contribution in [0.1, 0.15) is 27.2 Å². The van der Waals surface area contributed by atoms with Crippen LogP contribution in [0.25, 0.3) is 0 Å². The molecule has 0 saturated carbocycles. The third-order valence-corrected chi connectivity index (χ3v) is 1.54. The molecule has 0 amide bonds. The summed E-state index contributed by atoms with van der Waals surface area (Å²) in [6.45, 7) is 3.27. The maximum atomic E-state index is 13.1. The minimum absolute atomic E-state index is 0.0197. The molecule has 0 fully saturated rings. The lowest BCUT2D eigenvalue weighted by Crippen LogP contribution is -2.32. The molecule has 0 aliphatic carbocycles. The molecule has 1 atom stereocenters. The van der Waals surface area contributed by atoms with Gasteiger partial charge < -0.3 is 9.47 Å². The molecule has 0 rings (SSSR count). The first-order valence-corrected chi connectivity index (χ1v) is 3.89. The van der Waals surface area contributed by atoms with Crippen LogP contribution in [-0.4, -0.2) is 24.4 Å². The van der Waals surface area contributed by atoms with Crippen molar-refractivity contribution in [3.05, 3.63) is 0 Å². The Morgan fingerprint density at radius 3 is 2.31 bits per heavy atom. The van der Waals surface area contributed by atoms with Gasteiger partial charge in [0.2, 0.25) is 12.5 Å². The molecule has 76 valence electrons. The van der Waals surface area contributed by atoms with Gasteiger partial charge in [0.15, 0.2) is 0 Å². The normalized spacial score (nSPS) is 14.5. The molecule has 0 aromatic rings. The first-order chi connectivity index (χ1) is 5.90. The summed E-state index contributed by atoms with van der Waals surface area (Å²) < 4.78 is 21.8. The third-order valence-electron chi connectivity index (χ3n) is 1.54. The number of halogens is 1. The minimum atomic E-state index is -2.01. The maximum absolute atomic E-state index is 13.1. The van der Waals surface area contributed by atoms with Gasteiger partial charge in [0.05, 0.1) is 0 Å². The van der Waals surface area contributed by atoms with Crippen LogP contribution in [0.5, 0.6) is 0 Å². The maximum Gasteiger partial charge on any atom is 0.346 e. The Morgan fingerprint density at radius 1 is 1.38 bits per heavy atom.